The number of nitrogens with one attached hydrogen (secondary N) is 2. The lowest BCUT2D eigenvalue weighted by molar-refractivity contribution is -0.138. The summed E-state index contributed by atoms with van der Waals surface area (Å²) in [5, 5.41) is 5.17. The molecule has 0 saturated heterocycles. The molecule has 0 heterocycles. The minimum absolute atomic E-state index is 0.0981. The molecule has 1 rings (SSSR count). The molecule has 1 aromatic carbocycles. The van der Waals surface area contributed by atoms with Gasteiger partial charge < -0.3 is 21.1 Å². The van der Waals surface area contributed by atoms with Crippen molar-refractivity contribution in [3.05, 3.63) is 36.4 Å². The standard InChI is InChI=1S/C13H17N3O3/c1-9(2)12(17)19-8-7-15-13(18)16-11-5-3-10(14)4-6-11/h3-6H,1,7-8,14H2,2H3,(H2,15,16,18). The molecule has 0 spiro atoms. The highest BCUT2D eigenvalue weighted by molar-refractivity contribution is 5.89. The molecule has 0 saturated carbocycles. The summed E-state index contributed by atoms with van der Waals surface area (Å²) in [5.74, 6) is -0.472. The first-order chi connectivity index (χ1) is 8.99. The largest absolute Gasteiger partial charge is 0.460 e. The lowest BCUT2D eigenvalue weighted by Gasteiger charge is -2.08. The number of ether oxygens (including phenoxy) is 1. The SMILES string of the molecule is C=C(C)C(=O)OCCNC(=O)Nc1ccc(N)cc1. The van der Waals surface area contributed by atoms with E-state index in [-0.39, 0.29) is 19.2 Å². The van der Waals surface area contributed by atoms with Gasteiger partial charge in [-0.25, -0.2) is 9.59 Å². The summed E-state index contributed by atoms with van der Waals surface area (Å²) in [6, 6.07) is 6.37. The topological polar surface area (TPSA) is 93.4 Å². The van der Waals surface area contributed by atoms with Crippen LogP contribution in [0.2, 0.25) is 0 Å². The van der Waals surface area contributed by atoms with Gasteiger partial charge in [0.05, 0.1) is 6.54 Å². The number of anilines is 2. The minimum Gasteiger partial charge on any atom is -0.460 e. The van der Waals surface area contributed by atoms with E-state index >= 15 is 0 Å². The summed E-state index contributed by atoms with van der Waals surface area (Å²) in [6.45, 7) is 5.33. The van der Waals surface area contributed by atoms with Crippen molar-refractivity contribution in [2.45, 2.75) is 6.92 Å². The maximum absolute atomic E-state index is 11.5. The molecular formula is C13H17N3O3. The Morgan fingerprint density at radius 2 is 1.95 bits per heavy atom. The summed E-state index contributed by atoms with van der Waals surface area (Å²) in [4.78, 5) is 22.5. The average molecular weight is 263 g/mol. The van der Waals surface area contributed by atoms with Gasteiger partial charge in [-0.2, -0.15) is 0 Å². The molecule has 0 atom stereocenters. The van der Waals surface area contributed by atoms with Gasteiger partial charge >= 0.3 is 12.0 Å². The Kier molecular flexibility index (Phi) is 5.40. The van der Waals surface area contributed by atoms with Gasteiger partial charge in [0, 0.05) is 16.9 Å². The third-order valence-electron chi connectivity index (χ3n) is 2.14. The number of carbonyl (C=O) groups is 2. The van der Waals surface area contributed by atoms with E-state index in [9.17, 15) is 9.59 Å². The molecule has 6 nitrogen and oxygen atoms in total. The molecule has 102 valence electrons. The molecular weight excluding hydrogens is 246 g/mol. The van der Waals surface area contributed by atoms with Gasteiger partial charge in [0.25, 0.3) is 0 Å². The van der Waals surface area contributed by atoms with Crippen molar-refractivity contribution >= 4 is 23.4 Å². The van der Waals surface area contributed by atoms with Crippen LogP contribution in [0.5, 0.6) is 0 Å². The number of urea groups is 1. The molecule has 0 aliphatic heterocycles. The van der Waals surface area contributed by atoms with E-state index in [0.717, 1.165) is 0 Å². The molecule has 0 aromatic heterocycles. The van der Waals surface area contributed by atoms with Gasteiger partial charge in [-0.1, -0.05) is 6.58 Å². The van der Waals surface area contributed by atoms with E-state index in [2.05, 4.69) is 17.2 Å². The smallest absolute Gasteiger partial charge is 0.333 e. The van der Waals surface area contributed by atoms with Crippen LogP contribution in [0.15, 0.2) is 36.4 Å². The summed E-state index contributed by atoms with van der Waals surface area (Å²) in [7, 11) is 0. The van der Waals surface area contributed by atoms with E-state index in [4.69, 9.17) is 10.5 Å². The van der Waals surface area contributed by atoms with Crippen LogP contribution in [0.4, 0.5) is 16.2 Å². The molecule has 0 radical (unpaired) electrons. The summed E-state index contributed by atoms with van der Waals surface area (Å²) < 4.78 is 4.82. The minimum atomic E-state index is -0.472. The third-order valence-corrected chi connectivity index (χ3v) is 2.14. The van der Waals surface area contributed by atoms with Gasteiger partial charge in [-0.05, 0) is 31.2 Å². The number of benzene rings is 1. The zero-order valence-electron chi connectivity index (χ0n) is 10.7. The Morgan fingerprint density at radius 1 is 1.32 bits per heavy atom. The van der Waals surface area contributed by atoms with Crippen LogP contribution < -0.4 is 16.4 Å². The molecule has 4 N–H and O–H groups in total. The van der Waals surface area contributed by atoms with Crippen molar-refractivity contribution in [3.8, 4) is 0 Å². The van der Waals surface area contributed by atoms with Crippen LogP contribution in [0.25, 0.3) is 0 Å². The van der Waals surface area contributed by atoms with Crippen LogP contribution in [0.3, 0.4) is 0 Å². The number of amides is 2. The second kappa shape index (κ2) is 7.05. The lowest BCUT2D eigenvalue weighted by Crippen LogP contribution is -2.32. The predicted molar refractivity (Wildman–Crippen MR) is 73.6 cm³/mol. The molecule has 6 heteroatoms. The number of carbonyl (C=O) groups excluding carboxylic acids is 2. The van der Waals surface area contributed by atoms with E-state index in [1.807, 2.05) is 0 Å². The van der Waals surface area contributed by atoms with Gasteiger partial charge in [0.1, 0.15) is 6.61 Å². The van der Waals surface area contributed by atoms with Crippen molar-refractivity contribution < 1.29 is 14.3 Å². The van der Waals surface area contributed by atoms with E-state index in [1.165, 1.54) is 0 Å². The molecule has 0 aliphatic rings. The molecule has 0 bridgehead atoms. The number of esters is 1. The maximum atomic E-state index is 11.5. The Labute approximate surface area is 111 Å². The first-order valence-corrected chi connectivity index (χ1v) is 5.72. The Hall–Kier alpha value is -2.50. The van der Waals surface area contributed by atoms with Crippen LogP contribution in [-0.2, 0) is 9.53 Å². The highest BCUT2D eigenvalue weighted by atomic mass is 16.5. The van der Waals surface area contributed by atoms with E-state index in [1.54, 1.807) is 31.2 Å². The summed E-state index contributed by atoms with van der Waals surface area (Å²) in [6.07, 6.45) is 0. The number of nitrogen functional groups attached to an aromatic ring is 1. The quantitative estimate of drug-likeness (QED) is 0.325. The van der Waals surface area contributed by atoms with Crippen molar-refractivity contribution in [2.24, 2.45) is 0 Å². The number of hydrogen-bond acceptors (Lipinski definition) is 4. The monoisotopic (exact) mass is 263 g/mol. The molecule has 0 unspecified atom stereocenters. The molecule has 0 fully saturated rings. The van der Waals surface area contributed by atoms with Crippen LogP contribution in [0, 0.1) is 0 Å². The average Bonchev–Trinajstić information content (AvgIpc) is 2.37. The normalized spacial score (nSPS) is 9.53. The Bertz CT molecular complexity index is 469. The van der Waals surface area contributed by atoms with Crippen molar-refractivity contribution in [1.29, 1.82) is 0 Å². The van der Waals surface area contributed by atoms with E-state index < -0.39 is 5.97 Å². The number of hydrogen-bond donors (Lipinski definition) is 3. The molecule has 0 aliphatic carbocycles. The molecule has 1 aromatic rings. The third kappa shape index (κ3) is 5.58. The van der Waals surface area contributed by atoms with Crippen molar-refractivity contribution in [1.82, 2.24) is 5.32 Å². The second-order valence-electron chi connectivity index (χ2n) is 3.92. The van der Waals surface area contributed by atoms with Crippen molar-refractivity contribution in [3.63, 3.8) is 0 Å². The fraction of sp³-hybridized carbons (Fsp3) is 0.231. The van der Waals surface area contributed by atoms with Gasteiger partial charge in [-0.3, -0.25) is 0 Å². The van der Waals surface area contributed by atoms with Gasteiger partial charge in [0.15, 0.2) is 0 Å². The maximum Gasteiger partial charge on any atom is 0.333 e. The lowest BCUT2D eigenvalue weighted by atomic mass is 10.3. The van der Waals surface area contributed by atoms with Crippen LogP contribution in [0.1, 0.15) is 6.92 Å². The fourth-order valence-corrected chi connectivity index (χ4v) is 1.17. The van der Waals surface area contributed by atoms with Crippen LogP contribution >= 0.6 is 0 Å². The second-order valence-corrected chi connectivity index (χ2v) is 3.92. The Balaban J connectivity index is 2.23. The number of nitrogens with two attached hydrogens (primary N) is 1. The Morgan fingerprint density at radius 3 is 2.53 bits per heavy atom. The summed E-state index contributed by atoms with van der Waals surface area (Å²) in [5.41, 5.74) is 7.10. The first-order valence-electron chi connectivity index (χ1n) is 5.72. The summed E-state index contributed by atoms with van der Waals surface area (Å²) >= 11 is 0. The van der Waals surface area contributed by atoms with Gasteiger partial charge in [0.2, 0.25) is 0 Å². The zero-order chi connectivity index (χ0) is 14.3. The van der Waals surface area contributed by atoms with E-state index in [0.29, 0.717) is 16.9 Å². The zero-order valence-corrected chi connectivity index (χ0v) is 10.7. The predicted octanol–water partition coefficient (Wildman–Crippen LogP) is 1.51. The fourth-order valence-electron chi connectivity index (χ4n) is 1.17. The first kappa shape index (κ1) is 14.6. The van der Waals surface area contributed by atoms with Crippen molar-refractivity contribution in [2.75, 3.05) is 24.2 Å². The van der Waals surface area contributed by atoms with Gasteiger partial charge in [-0.15, -0.1) is 0 Å². The molecule has 19 heavy (non-hydrogen) atoms. The highest BCUT2D eigenvalue weighted by Gasteiger charge is 2.04. The molecule has 2 amide bonds. The number of rotatable bonds is 5. The highest BCUT2D eigenvalue weighted by Crippen LogP contribution is 2.09. The van der Waals surface area contributed by atoms with Crippen LogP contribution in [-0.4, -0.2) is 25.2 Å².